The summed E-state index contributed by atoms with van der Waals surface area (Å²) in [7, 11) is 0. The molecule has 0 bridgehead atoms. The van der Waals surface area contributed by atoms with Crippen LogP contribution < -0.4 is 0 Å². The lowest BCUT2D eigenvalue weighted by atomic mass is 9.82. The van der Waals surface area contributed by atoms with Gasteiger partial charge < -0.3 is 18.9 Å². The summed E-state index contributed by atoms with van der Waals surface area (Å²) in [5.41, 5.74) is -0.937. The van der Waals surface area contributed by atoms with Crippen molar-refractivity contribution in [2.24, 2.45) is 23.7 Å². The Balaban J connectivity index is 1.65. The molecule has 0 aromatic carbocycles. The summed E-state index contributed by atoms with van der Waals surface area (Å²) in [6.07, 6.45) is 9.76. The molecule has 9 heteroatoms. The van der Waals surface area contributed by atoms with Gasteiger partial charge in [-0.25, -0.2) is 4.79 Å². The van der Waals surface area contributed by atoms with Gasteiger partial charge in [0.2, 0.25) is 0 Å². The molecule has 0 aromatic heterocycles. The zero-order valence-corrected chi connectivity index (χ0v) is 27.9. The summed E-state index contributed by atoms with van der Waals surface area (Å²) in [5, 5.41) is 0.0649. The third kappa shape index (κ3) is 13.6. The van der Waals surface area contributed by atoms with Crippen LogP contribution in [-0.2, 0) is 33.3 Å². The van der Waals surface area contributed by atoms with E-state index in [4.69, 9.17) is 18.9 Å². The normalized spacial score (nSPS) is 26.8. The van der Waals surface area contributed by atoms with Crippen LogP contribution in [0.4, 0.5) is 0 Å². The lowest BCUT2D eigenvalue weighted by Gasteiger charge is -2.33. The number of carbonyl (C=O) groups excluding carboxylic acids is 3. The van der Waals surface area contributed by atoms with Gasteiger partial charge in [0.25, 0.3) is 0 Å². The molecule has 2 aliphatic rings. The minimum atomic E-state index is -0.937. The second kappa shape index (κ2) is 18.8. The molecule has 4 atom stereocenters. The average molecular weight is 617 g/mol. The minimum Gasteiger partial charge on any atom is -0.465 e. The number of carbonyl (C=O) groups is 3. The second-order valence-electron chi connectivity index (χ2n) is 12.8. The van der Waals surface area contributed by atoms with Crippen molar-refractivity contribution in [3.8, 4) is 0 Å². The van der Waals surface area contributed by atoms with Crippen LogP contribution in [0, 0.1) is 23.7 Å². The van der Waals surface area contributed by atoms with E-state index >= 15 is 0 Å². The van der Waals surface area contributed by atoms with E-state index in [9.17, 15) is 14.4 Å². The zero-order valence-electron chi connectivity index (χ0n) is 26.1. The first kappa shape index (κ1) is 36.4. The molecule has 0 N–H and O–H groups in total. The van der Waals surface area contributed by atoms with Crippen molar-refractivity contribution in [2.75, 3.05) is 26.4 Å². The SMILES string of the molecule is CCC(OCC1CCC(COC(=O)C(C)(CC)OCC2CCC(COC(=O)CC(C)S)CC2)CC1)C(=O)CC(C)S. The lowest BCUT2D eigenvalue weighted by Crippen LogP contribution is -2.41. The summed E-state index contributed by atoms with van der Waals surface area (Å²) in [4.78, 5) is 37.2. The van der Waals surface area contributed by atoms with Gasteiger partial charge in [0.15, 0.2) is 11.4 Å². The molecular formula is C32H56O7S2. The number of Topliss-reactive ketones (excluding diaryl/α,β-unsaturated/α-hetero) is 1. The van der Waals surface area contributed by atoms with Crippen molar-refractivity contribution >= 4 is 43.0 Å². The first-order valence-corrected chi connectivity index (χ1v) is 17.0. The highest BCUT2D eigenvalue weighted by atomic mass is 32.1. The van der Waals surface area contributed by atoms with Crippen molar-refractivity contribution in [3.63, 3.8) is 0 Å². The average Bonchev–Trinajstić information content (AvgIpc) is 2.94. The maximum absolute atomic E-state index is 13.0. The molecule has 41 heavy (non-hydrogen) atoms. The lowest BCUT2D eigenvalue weighted by molar-refractivity contribution is -0.175. The van der Waals surface area contributed by atoms with Crippen LogP contribution in [0.1, 0.15) is 112 Å². The molecule has 0 heterocycles. The number of thiol groups is 2. The number of hydrogen-bond acceptors (Lipinski definition) is 9. The molecule has 2 aliphatic carbocycles. The number of ether oxygens (including phenoxy) is 4. The van der Waals surface area contributed by atoms with E-state index in [0.717, 1.165) is 51.4 Å². The highest BCUT2D eigenvalue weighted by Gasteiger charge is 2.36. The molecule has 0 aliphatic heterocycles. The van der Waals surface area contributed by atoms with Crippen molar-refractivity contribution in [1.82, 2.24) is 0 Å². The van der Waals surface area contributed by atoms with Crippen molar-refractivity contribution < 1.29 is 33.3 Å². The summed E-state index contributed by atoms with van der Waals surface area (Å²) in [5.74, 6) is 1.29. The van der Waals surface area contributed by atoms with Gasteiger partial charge in [-0.05, 0) is 94.8 Å². The van der Waals surface area contributed by atoms with Crippen LogP contribution in [0.5, 0.6) is 0 Å². The fraction of sp³-hybridized carbons (Fsp3) is 0.906. The molecule has 0 aromatic rings. The molecule has 2 rings (SSSR count). The Labute approximate surface area is 259 Å². The van der Waals surface area contributed by atoms with Gasteiger partial charge >= 0.3 is 11.9 Å². The van der Waals surface area contributed by atoms with Crippen molar-refractivity contribution in [1.29, 1.82) is 0 Å². The molecular weight excluding hydrogens is 560 g/mol. The monoisotopic (exact) mass is 616 g/mol. The number of hydrogen-bond donors (Lipinski definition) is 2. The van der Waals surface area contributed by atoms with Crippen LogP contribution in [0.2, 0.25) is 0 Å². The van der Waals surface area contributed by atoms with Crippen molar-refractivity contribution in [3.05, 3.63) is 0 Å². The van der Waals surface area contributed by atoms with Gasteiger partial charge in [-0.3, -0.25) is 9.59 Å². The van der Waals surface area contributed by atoms with E-state index < -0.39 is 5.60 Å². The molecule has 0 spiro atoms. The van der Waals surface area contributed by atoms with Crippen LogP contribution in [0.3, 0.4) is 0 Å². The first-order valence-electron chi connectivity index (χ1n) is 15.9. The van der Waals surface area contributed by atoms with Crippen molar-refractivity contribution in [2.45, 2.75) is 134 Å². The Morgan fingerprint density at radius 2 is 1.20 bits per heavy atom. The fourth-order valence-electron chi connectivity index (χ4n) is 5.71. The standard InChI is InChI=1S/C32H56O7S2/c1-6-29(28(33)16-22(3)40)36-18-24-8-10-26(11-9-24)20-38-31(35)32(5,7-2)39-21-27-14-12-25(13-15-27)19-37-30(34)17-23(4)41/h22-27,29,40-41H,6-21H2,1-5H3. The maximum Gasteiger partial charge on any atom is 0.338 e. The Bertz CT molecular complexity index is 789. The molecule has 2 saturated carbocycles. The number of ketones is 1. The van der Waals surface area contributed by atoms with E-state index in [1.54, 1.807) is 0 Å². The van der Waals surface area contributed by atoms with Gasteiger partial charge in [0.05, 0.1) is 32.8 Å². The van der Waals surface area contributed by atoms with Gasteiger partial charge in [-0.15, -0.1) is 0 Å². The molecule has 2 fully saturated rings. The van der Waals surface area contributed by atoms with Gasteiger partial charge in [0, 0.05) is 16.9 Å². The van der Waals surface area contributed by atoms with Crippen LogP contribution >= 0.6 is 25.3 Å². The highest BCUT2D eigenvalue weighted by Crippen LogP contribution is 2.32. The van der Waals surface area contributed by atoms with E-state index in [1.807, 2.05) is 34.6 Å². The zero-order chi connectivity index (χ0) is 30.4. The predicted molar refractivity (Wildman–Crippen MR) is 169 cm³/mol. The maximum atomic E-state index is 13.0. The molecule has 238 valence electrons. The molecule has 4 unspecified atom stereocenters. The van der Waals surface area contributed by atoms with Crippen LogP contribution in [-0.4, -0.2) is 66.4 Å². The first-order chi connectivity index (χ1) is 19.4. The smallest absolute Gasteiger partial charge is 0.338 e. The van der Waals surface area contributed by atoms with E-state index in [0.29, 0.717) is 75.8 Å². The Hall–Kier alpha value is -0.770. The summed E-state index contributed by atoms with van der Waals surface area (Å²) < 4.78 is 23.4. The number of rotatable bonds is 18. The molecule has 0 saturated heterocycles. The second-order valence-corrected chi connectivity index (χ2v) is 14.5. The van der Waals surface area contributed by atoms with E-state index in [2.05, 4.69) is 25.3 Å². The Kier molecular flexibility index (Phi) is 16.7. The minimum absolute atomic E-state index is 0.0140. The summed E-state index contributed by atoms with van der Waals surface area (Å²) in [6, 6.07) is 0. The van der Waals surface area contributed by atoms with Gasteiger partial charge in [-0.1, -0.05) is 27.7 Å². The summed E-state index contributed by atoms with van der Waals surface area (Å²) >= 11 is 8.58. The fourth-order valence-corrected chi connectivity index (χ4v) is 6.04. The molecule has 0 radical (unpaired) electrons. The third-order valence-electron chi connectivity index (χ3n) is 8.83. The van der Waals surface area contributed by atoms with Gasteiger partial charge in [0.1, 0.15) is 6.10 Å². The predicted octanol–water partition coefficient (Wildman–Crippen LogP) is 6.65. The number of esters is 2. The molecule has 7 nitrogen and oxygen atoms in total. The molecule has 0 amide bonds. The third-order valence-corrected chi connectivity index (χ3v) is 9.19. The topological polar surface area (TPSA) is 88.1 Å². The highest BCUT2D eigenvalue weighted by molar-refractivity contribution is 7.81. The van der Waals surface area contributed by atoms with Gasteiger partial charge in [-0.2, -0.15) is 25.3 Å². The quantitative estimate of drug-likeness (QED) is 0.132. The van der Waals surface area contributed by atoms with E-state index in [1.165, 1.54) is 0 Å². The van der Waals surface area contributed by atoms with Crippen LogP contribution in [0.15, 0.2) is 0 Å². The Morgan fingerprint density at radius 1 is 0.732 bits per heavy atom. The Morgan fingerprint density at radius 3 is 1.66 bits per heavy atom. The van der Waals surface area contributed by atoms with Crippen LogP contribution in [0.25, 0.3) is 0 Å². The van der Waals surface area contributed by atoms with E-state index in [-0.39, 0.29) is 34.3 Å². The largest absolute Gasteiger partial charge is 0.465 e. The summed E-state index contributed by atoms with van der Waals surface area (Å²) in [6.45, 7) is 11.7.